The first kappa shape index (κ1) is 24.2. The third kappa shape index (κ3) is 5.50. The van der Waals surface area contributed by atoms with Crippen LogP contribution in [0.1, 0.15) is 38.1 Å². The fourth-order valence-corrected chi connectivity index (χ4v) is 3.70. The van der Waals surface area contributed by atoms with Crippen LogP contribution in [0.2, 0.25) is 0 Å². The lowest BCUT2D eigenvalue weighted by atomic mass is 10.1. The van der Waals surface area contributed by atoms with E-state index in [9.17, 15) is 13.2 Å². The van der Waals surface area contributed by atoms with Crippen LogP contribution in [-0.4, -0.2) is 44.5 Å². The molecule has 3 heterocycles. The summed E-state index contributed by atoms with van der Waals surface area (Å²) in [7, 11) is 0. The van der Waals surface area contributed by atoms with E-state index in [1.165, 1.54) is 0 Å². The van der Waals surface area contributed by atoms with Crippen molar-refractivity contribution < 1.29 is 13.2 Å². The SMILES string of the molecule is C=C(NC(C)C(=C)Nc1cc(C(C)N2CC(C(F)(F)F)NC2=C)ccn1)c1ccnn1CC. The summed E-state index contributed by atoms with van der Waals surface area (Å²) in [6.45, 7) is 18.2. The van der Waals surface area contributed by atoms with Crippen molar-refractivity contribution in [1.82, 2.24) is 30.3 Å². The van der Waals surface area contributed by atoms with E-state index in [0.29, 0.717) is 11.5 Å². The molecule has 2 aromatic rings. The molecule has 0 aliphatic carbocycles. The Bertz CT molecular complexity index is 1030. The molecule has 1 aliphatic rings. The Hall–Kier alpha value is -3.43. The molecule has 1 fully saturated rings. The summed E-state index contributed by atoms with van der Waals surface area (Å²) in [6.07, 6.45) is -0.991. The number of hydrogen-bond acceptors (Lipinski definition) is 6. The smallest absolute Gasteiger partial charge is 0.376 e. The zero-order valence-corrected chi connectivity index (χ0v) is 19.1. The fourth-order valence-electron chi connectivity index (χ4n) is 3.70. The molecule has 1 aliphatic heterocycles. The third-order valence-corrected chi connectivity index (χ3v) is 5.72. The van der Waals surface area contributed by atoms with Gasteiger partial charge in [-0.25, -0.2) is 4.98 Å². The molecule has 0 amide bonds. The highest BCUT2D eigenvalue weighted by atomic mass is 19.4. The number of aryl methyl sites for hydroxylation is 1. The maximum Gasteiger partial charge on any atom is 0.410 e. The maximum absolute atomic E-state index is 13.1. The number of aromatic nitrogens is 3. The van der Waals surface area contributed by atoms with Gasteiger partial charge in [0.15, 0.2) is 0 Å². The van der Waals surface area contributed by atoms with Gasteiger partial charge in [-0.3, -0.25) is 4.68 Å². The highest BCUT2D eigenvalue weighted by Crippen LogP contribution is 2.32. The molecule has 3 N–H and O–H groups in total. The van der Waals surface area contributed by atoms with Gasteiger partial charge in [0.2, 0.25) is 0 Å². The second-order valence-corrected chi connectivity index (χ2v) is 8.02. The number of hydrogen-bond donors (Lipinski definition) is 3. The fraction of sp³-hybridized carbons (Fsp3) is 0.391. The van der Waals surface area contributed by atoms with E-state index < -0.39 is 12.2 Å². The average Bonchev–Trinajstić information content (AvgIpc) is 3.39. The van der Waals surface area contributed by atoms with E-state index in [-0.39, 0.29) is 24.4 Å². The van der Waals surface area contributed by atoms with Gasteiger partial charge in [0, 0.05) is 31.2 Å². The van der Waals surface area contributed by atoms with Gasteiger partial charge >= 0.3 is 6.18 Å². The van der Waals surface area contributed by atoms with Gasteiger partial charge in [0.1, 0.15) is 11.9 Å². The molecule has 3 unspecified atom stereocenters. The monoisotopic (exact) mass is 461 g/mol. The van der Waals surface area contributed by atoms with Crippen LogP contribution in [0.15, 0.2) is 61.8 Å². The van der Waals surface area contributed by atoms with Crippen LogP contribution in [0.25, 0.3) is 5.70 Å². The van der Waals surface area contributed by atoms with E-state index in [4.69, 9.17) is 0 Å². The van der Waals surface area contributed by atoms with Crippen LogP contribution >= 0.6 is 0 Å². The number of halogens is 3. The molecule has 0 bridgehead atoms. The Kier molecular flexibility index (Phi) is 7.04. The van der Waals surface area contributed by atoms with Crippen LogP contribution in [0.5, 0.6) is 0 Å². The standard InChI is InChI=1S/C23H30F3N7/c1-7-33-20(9-11-28-33)16(4)29-14(2)15(3)30-22-12-19(8-10-27-22)17(5)32-13-21(23(24,25)26)31-18(32)6/h8-12,14,17,21,29,31H,3-4,6-7,13H2,1-2,5H3,(H,27,30). The quantitative estimate of drug-likeness (QED) is 0.519. The Labute approximate surface area is 192 Å². The number of nitrogens with one attached hydrogen (secondary N) is 3. The Morgan fingerprint density at radius 3 is 2.64 bits per heavy atom. The number of anilines is 1. The number of rotatable bonds is 9. The van der Waals surface area contributed by atoms with E-state index in [2.05, 4.69) is 45.8 Å². The molecule has 3 atom stereocenters. The molecule has 0 aromatic carbocycles. The molecule has 0 radical (unpaired) electrons. The largest absolute Gasteiger partial charge is 0.410 e. The van der Waals surface area contributed by atoms with Crippen molar-refractivity contribution in [1.29, 1.82) is 0 Å². The molecule has 1 saturated heterocycles. The predicted octanol–water partition coefficient (Wildman–Crippen LogP) is 4.24. The van der Waals surface area contributed by atoms with Gasteiger partial charge in [-0.1, -0.05) is 19.7 Å². The van der Waals surface area contributed by atoms with Crippen molar-refractivity contribution in [2.45, 2.75) is 51.6 Å². The molecular weight excluding hydrogens is 431 g/mol. The van der Waals surface area contributed by atoms with E-state index in [1.54, 1.807) is 29.4 Å². The predicted molar refractivity (Wildman–Crippen MR) is 124 cm³/mol. The maximum atomic E-state index is 13.1. The van der Waals surface area contributed by atoms with E-state index >= 15 is 0 Å². The summed E-state index contributed by atoms with van der Waals surface area (Å²) < 4.78 is 41.1. The lowest BCUT2D eigenvalue weighted by Gasteiger charge is -2.27. The summed E-state index contributed by atoms with van der Waals surface area (Å²) in [5.74, 6) is 0.801. The summed E-state index contributed by atoms with van der Waals surface area (Å²) in [6, 6.07) is 3.35. The lowest BCUT2D eigenvalue weighted by molar-refractivity contribution is -0.150. The van der Waals surface area contributed by atoms with Crippen molar-refractivity contribution in [2.24, 2.45) is 0 Å². The van der Waals surface area contributed by atoms with Crippen molar-refractivity contribution in [3.63, 3.8) is 0 Å². The summed E-state index contributed by atoms with van der Waals surface area (Å²) in [5.41, 5.74) is 3.09. The minimum atomic E-state index is -4.33. The first-order valence-electron chi connectivity index (χ1n) is 10.7. The second-order valence-electron chi connectivity index (χ2n) is 8.02. The molecule has 178 valence electrons. The van der Waals surface area contributed by atoms with Crippen LogP contribution in [0.4, 0.5) is 19.0 Å². The molecule has 7 nitrogen and oxygen atoms in total. The number of nitrogens with zero attached hydrogens (tertiary/aromatic N) is 4. The number of alkyl halides is 3. The molecule has 0 saturated carbocycles. The van der Waals surface area contributed by atoms with Gasteiger partial charge < -0.3 is 20.9 Å². The zero-order chi connectivity index (χ0) is 24.3. The Morgan fingerprint density at radius 1 is 1.27 bits per heavy atom. The molecular formula is C23H30F3N7. The first-order valence-corrected chi connectivity index (χ1v) is 10.7. The minimum absolute atomic E-state index is 0.171. The lowest BCUT2D eigenvalue weighted by Crippen LogP contribution is -2.39. The summed E-state index contributed by atoms with van der Waals surface area (Å²) >= 11 is 0. The van der Waals surface area contributed by atoms with Crippen LogP contribution in [0.3, 0.4) is 0 Å². The molecule has 3 rings (SSSR count). The van der Waals surface area contributed by atoms with Gasteiger partial charge in [0.25, 0.3) is 0 Å². The molecule has 0 spiro atoms. The van der Waals surface area contributed by atoms with E-state index in [0.717, 1.165) is 23.5 Å². The summed E-state index contributed by atoms with van der Waals surface area (Å²) in [5, 5.41) is 13.2. The average molecular weight is 462 g/mol. The van der Waals surface area contributed by atoms with Gasteiger partial charge in [-0.2, -0.15) is 18.3 Å². The van der Waals surface area contributed by atoms with Crippen molar-refractivity contribution in [3.8, 4) is 0 Å². The van der Waals surface area contributed by atoms with Crippen LogP contribution < -0.4 is 16.0 Å². The molecule has 2 aromatic heterocycles. The zero-order valence-electron chi connectivity index (χ0n) is 19.1. The van der Waals surface area contributed by atoms with Crippen molar-refractivity contribution in [2.75, 3.05) is 11.9 Å². The third-order valence-electron chi connectivity index (χ3n) is 5.72. The molecule has 10 heteroatoms. The van der Waals surface area contributed by atoms with Gasteiger partial charge in [-0.05, 0) is 44.5 Å². The summed E-state index contributed by atoms with van der Waals surface area (Å²) in [4.78, 5) is 5.94. The highest BCUT2D eigenvalue weighted by Gasteiger charge is 2.45. The Morgan fingerprint density at radius 2 is 2.00 bits per heavy atom. The van der Waals surface area contributed by atoms with Crippen molar-refractivity contribution >= 4 is 11.5 Å². The second kappa shape index (κ2) is 9.60. The van der Waals surface area contributed by atoms with Gasteiger partial charge in [-0.15, -0.1) is 0 Å². The topological polar surface area (TPSA) is 70.0 Å². The minimum Gasteiger partial charge on any atom is -0.376 e. The molecule has 33 heavy (non-hydrogen) atoms. The normalized spacial score (nSPS) is 17.9. The highest BCUT2D eigenvalue weighted by molar-refractivity contribution is 5.59. The number of pyridine rings is 1. The Balaban J connectivity index is 1.64. The first-order chi connectivity index (χ1) is 15.5. The van der Waals surface area contributed by atoms with E-state index in [1.807, 2.05) is 31.5 Å². The van der Waals surface area contributed by atoms with Crippen LogP contribution in [-0.2, 0) is 6.54 Å². The van der Waals surface area contributed by atoms with Crippen molar-refractivity contribution in [3.05, 3.63) is 73.1 Å². The van der Waals surface area contributed by atoms with Gasteiger partial charge in [0.05, 0.1) is 29.3 Å². The van der Waals surface area contributed by atoms with Crippen LogP contribution in [0, 0.1) is 0 Å².